The quantitative estimate of drug-likeness (QED) is 0.426. The molecule has 0 amide bonds. The number of non-ortho nitro benzene ring substituents is 1. The fraction of sp³-hybridized carbons (Fsp3) is 0.118. The molecule has 6 nitrogen and oxygen atoms in total. The Labute approximate surface area is 131 Å². The van der Waals surface area contributed by atoms with Gasteiger partial charge in [-0.15, -0.1) is 0 Å². The molecule has 23 heavy (non-hydrogen) atoms. The molecular formula is C17H14N4O2. The van der Waals surface area contributed by atoms with Crippen LogP contribution in [0.15, 0.2) is 54.7 Å². The van der Waals surface area contributed by atoms with Crippen molar-refractivity contribution in [3.05, 3.63) is 64.8 Å². The number of imidazole rings is 2. The molecular weight excluding hydrogens is 292 g/mol. The summed E-state index contributed by atoms with van der Waals surface area (Å²) in [6.07, 6.45) is 1.98. The summed E-state index contributed by atoms with van der Waals surface area (Å²) in [5, 5.41) is 10.8. The van der Waals surface area contributed by atoms with E-state index in [-0.39, 0.29) is 5.69 Å². The second kappa shape index (κ2) is 4.95. The summed E-state index contributed by atoms with van der Waals surface area (Å²) in [7, 11) is 0. The molecule has 0 aliphatic rings. The number of benzene rings is 2. The molecule has 0 bridgehead atoms. The van der Waals surface area contributed by atoms with Gasteiger partial charge in [-0.25, -0.2) is 4.98 Å². The Balaban J connectivity index is 1.90. The molecule has 2 aromatic carbocycles. The molecule has 0 radical (unpaired) electrons. The molecule has 114 valence electrons. The van der Waals surface area contributed by atoms with E-state index in [4.69, 9.17) is 4.98 Å². The third-order valence-corrected chi connectivity index (χ3v) is 4.05. The first-order valence-corrected chi connectivity index (χ1v) is 7.40. The van der Waals surface area contributed by atoms with Crippen molar-refractivity contribution in [1.29, 1.82) is 0 Å². The van der Waals surface area contributed by atoms with Crippen LogP contribution in [0.1, 0.15) is 6.92 Å². The number of para-hydroxylation sites is 2. The first-order chi connectivity index (χ1) is 11.2. The molecule has 0 saturated carbocycles. The van der Waals surface area contributed by atoms with Crippen LogP contribution >= 0.6 is 0 Å². The molecule has 0 N–H and O–H groups in total. The number of nitro benzene ring substituents is 1. The number of hydrogen-bond donors (Lipinski definition) is 0. The highest BCUT2D eigenvalue weighted by Gasteiger charge is 2.14. The first kappa shape index (κ1) is 13.5. The Bertz CT molecular complexity index is 1030. The highest BCUT2D eigenvalue weighted by atomic mass is 16.6. The van der Waals surface area contributed by atoms with E-state index in [1.807, 2.05) is 18.3 Å². The number of aryl methyl sites for hydroxylation is 1. The van der Waals surface area contributed by atoms with Gasteiger partial charge in [0.1, 0.15) is 0 Å². The van der Waals surface area contributed by atoms with Crippen LogP contribution in [0.5, 0.6) is 0 Å². The van der Waals surface area contributed by atoms with Gasteiger partial charge < -0.3 is 4.57 Å². The Morgan fingerprint density at radius 3 is 2.43 bits per heavy atom. The van der Waals surface area contributed by atoms with Crippen LogP contribution in [-0.4, -0.2) is 18.9 Å². The molecule has 4 aromatic rings. The van der Waals surface area contributed by atoms with E-state index in [2.05, 4.69) is 28.0 Å². The van der Waals surface area contributed by atoms with Crippen molar-refractivity contribution in [2.75, 3.05) is 0 Å². The van der Waals surface area contributed by atoms with Crippen LogP contribution in [0.4, 0.5) is 5.69 Å². The largest absolute Gasteiger partial charge is 0.310 e. The number of fused-ring (bicyclic) bond motifs is 3. The van der Waals surface area contributed by atoms with Crippen LogP contribution in [0.2, 0.25) is 0 Å². The van der Waals surface area contributed by atoms with Gasteiger partial charge in [0.25, 0.3) is 5.69 Å². The standard InChI is InChI=1S/C17H14N4O2/c1-2-19-15-5-3-4-6-16(15)20-11-14(18-17(19)20)12-7-9-13(10-8-12)21(22)23/h3-11H,2H2,1H3. The molecule has 4 rings (SSSR count). The third-order valence-electron chi connectivity index (χ3n) is 4.05. The number of nitrogens with zero attached hydrogens (tertiary/aromatic N) is 4. The maximum Gasteiger partial charge on any atom is 0.269 e. The number of nitro groups is 1. The van der Waals surface area contributed by atoms with Crippen LogP contribution in [0.3, 0.4) is 0 Å². The van der Waals surface area contributed by atoms with E-state index in [0.717, 1.165) is 34.6 Å². The zero-order valence-electron chi connectivity index (χ0n) is 12.5. The summed E-state index contributed by atoms with van der Waals surface area (Å²) < 4.78 is 4.22. The van der Waals surface area contributed by atoms with Crippen molar-refractivity contribution in [2.24, 2.45) is 0 Å². The Morgan fingerprint density at radius 2 is 1.78 bits per heavy atom. The summed E-state index contributed by atoms with van der Waals surface area (Å²) in [5.41, 5.74) is 4.01. The average Bonchev–Trinajstić information content (AvgIpc) is 3.12. The second-order valence-electron chi connectivity index (χ2n) is 5.33. The molecule has 2 heterocycles. The minimum Gasteiger partial charge on any atom is -0.310 e. The average molecular weight is 306 g/mol. The summed E-state index contributed by atoms with van der Waals surface area (Å²) in [4.78, 5) is 15.1. The van der Waals surface area contributed by atoms with E-state index >= 15 is 0 Å². The van der Waals surface area contributed by atoms with Gasteiger partial charge in [-0.2, -0.15) is 0 Å². The maximum absolute atomic E-state index is 10.8. The van der Waals surface area contributed by atoms with Crippen molar-refractivity contribution in [3.8, 4) is 11.3 Å². The van der Waals surface area contributed by atoms with Crippen molar-refractivity contribution in [3.63, 3.8) is 0 Å². The first-order valence-electron chi connectivity index (χ1n) is 7.40. The molecule has 6 heteroatoms. The van der Waals surface area contributed by atoms with Gasteiger partial charge in [0.2, 0.25) is 5.78 Å². The number of rotatable bonds is 3. The molecule has 0 aliphatic heterocycles. The van der Waals surface area contributed by atoms with E-state index in [1.165, 1.54) is 12.1 Å². The summed E-state index contributed by atoms with van der Waals surface area (Å²) in [6.45, 7) is 2.92. The fourth-order valence-corrected chi connectivity index (χ4v) is 2.95. The van der Waals surface area contributed by atoms with Gasteiger partial charge in [-0.1, -0.05) is 12.1 Å². The van der Waals surface area contributed by atoms with Gasteiger partial charge in [0, 0.05) is 30.4 Å². The second-order valence-corrected chi connectivity index (χ2v) is 5.33. The summed E-state index contributed by atoms with van der Waals surface area (Å²) in [6, 6.07) is 14.7. The van der Waals surface area contributed by atoms with Crippen molar-refractivity contribution in [1.82, 2.24) is 14.0 Å². The predicted molar refractivity (Wildman–Crippen MR) is 88.5 cm³/mol. The molecule has 0 fully saturated rings. The van der Waals surface area contributed by atoms with Gasteiger partial charge in [0.15, 0.2) is 0 Å². The number of hydrogen-bond acceptors (Lipinski definition) is 3. The van der Waals surface area contributed by atoms with Crippen molar-refractivity contribution in [2.45, 2.75) is 13.5 Å². The Morgan fingerprint density at radius 1 is 1.09 bits per heavy atom. The van der Waals surface area contributed by atoms with Gasteiger partial charge in [-0.05, 0) is 31.2 Å². The van der Waals surface area contributed by atoms with Crippen molar-refractivity contribution >= 4 is 22.5 Å². The lowest BCUT2D eigenvalue weighted by molar-refractivity contribution is -0.384. The fourth-order valence-electron chi connectivity index (χ4n) is 2.95. The van der Waals surface area contributed by atoms with E-state index < -0.39 is 4.92 Å². The number of aromatic nitrogens is 3. The minimum atomic E-state index is -0.397. The zero-order chi connectivity index (χ0) is 16.0. The van der Waals surface area contributed by atoms with Crippen molar-refractivity contribution < 1.29 is 4.92 Å². The van der Waals surface area contributed by atoms with Crippen LogP contribution in [0.25, 0.3) is 28.1 Å². The lowest BCUT2D eigenvalue weighted by atomic mass is 10.1. The normalized spacial score (nSPS) is 11.3. The monoisotopic (exact) mass is 306 g/mol. The van der Waals surface area contributed by atoms with Crippen LogP contribution < -0.4 is 0 Å². The lowest BCUT2D eigenvalue weighted by Gasteiger charge is -2.00. The summed E-state index contributed by atoms with van der Waals surface area (Å²) in [5.74, 6) is 0.877. The maximum atomic E-state index is 10.8. The van der Waals surface area contributed by atoms with E-state index in [9.17, 15) is 10.1 Å². The van der Waals surface area contributed by atoms with Crippen LogP contribution in [-0.2, 0) is 6.54 Å². The van der Waals surface area contributed by atoms with Gasteiger partial charge >= 0.3 is 0 Å². The molecule has 0 saturated heterocycles. The summed E-state index contributed by atoms with van der Waals surface area (Å²) >= 11 is 0. The molecule has 0 spiro atoms. The molecule has 0 unspecified atom stereocenters. The lowest BCUT2D eigenvalue weighted by Crippen LogP contribution is -1.94. The topological polar surface area (TPSA) is 65.4 Å². The molecule has 0 aliphatic carbocycles. The smallest absolute Gasteiger partial charge is 0.269 e. The predicted octanol–water partition coefficient (Wildman–Crippen LogP) is 3.88. The van der Waals surface area contributed by atoms with E-state index in [1.54, 1.807) is 12.1 Å². The highest BCUT2D eigenvalue weighted by molar-refractivity contribution is 5.82. The minimum absolute atomic E-state index is 0.0843. The van der Waals surface area contributed by atoms with Gasteiger partial charge in [-0.3, -0.25) is 14.5 Å². The third kappa shape index (κ3) is 1.99. The van der Waals surface area contributed by atoms with Gasteiger partial charge in [0.05, 0.1) is 21.7 Å². The van der Waals surface area contributed by atoms with E-state index in [0.29, 0.717) is 0 Å². The Hall–Kier alpha value is -3.15. The SMILES string of the molecule is CCn1c2ccccc2n2cc(-c3ccc([N+](=O)[O-])cc3)nc12. The zero-order valence-corrected chi connectivity index (χ0v) is 12.5. The van der Waals surface area contributed by atoms with Crippen LogP contribution in [0, 0.1) is 10.1 Å². The Kier molecular flexibility index (Phi) is 2.90. The highest BCUT2D eigenvalue weighted by Crippen LogP contribution is 2.26. The molecule has 2 aromatic heterocycles. The molecule has 0 atom stereocenters.